The molecule has 3 nitrogen and oxygen atoms in total. The van der Waals surface area contributed by atoms with Gasteiger partial charge in [0.1, 0.15) is 0 Å². The Morgan fingerprint density at radius 2 is 2.00 bits per heavy atom. The van der Waals surface area contributed by atoms with Crippen LogP contribution >= 0.6 is 0 Å². The van der Waals surface area contributed by atoms with Crippen molar-refractivity contribution in [2.45, 2.75) is 25.3 Å². The number of methoxy groups -OCH3 is 1. The van der Waals surface area contributed by atoms with Crippen LogP contribution in [0.25, 0.3) is 0 Å². The summed E-state index contributed by atoms with van der Waals surface area (Å²) in [7, 11) is 1.12. The smallest absolute Gasteiger partial charge is 0.340 e. The largest absolute Gasteiger partial charge is 0.465 e. The normalized spacial score (nSPS) is 16.5. The number of ether oxygens (including phenoxy) is 1. The summed E-state index contributed by atoms with van der Waals surface area (Å²) >= 11 is 0. The summed E-state index contributed by atoms with van der Waals surface area (Å²) < 4.78 is 31.6. The molecule has 0 bridgehead atoms. The second kappa shape index (κ2) is 3.98. The molecular formula is C12H13F2NO2. The number of anilines is 1. The standard InChI is InChI=1S/C12H13F2NO2/c1-12(5-6-12)15-8-4-3-7(11(16)17-2)9(13)10(8)14/h3-4,15H,5-6H2,1-2H3. The maximum absolute atomic E-state index is 13.7. The van der Waals surface area contributed by atoms with Gasteiger partial charge in [0.15, 0.2) is 11.6 Å². The molecule has 1 N–H and O–H groups in total. The predicted molar refractivity (Wildman–Crippen MR) is 59.0 cm³/mol. The molecule has 0 atom stereocenters. The molecule has 92 valence electrons. The van der Waals surface area contributed by atoms with Gasteiger partial charge >= 0.3 is 5.97 Å². The van der Waals surface area contributed by atoms with Crippen LogP contribution in [0.4, 0.5) is 14.5 Å². The molecule has 1 fully saturated rings. The van der Waals surface area contributed by atoms with E-state index >= 15 is 0 Å². The van der Waals surface area contributed by atoms with Crippen LogP contribution < -0.4 is 5.32 Å². The zero-order valence-corrected chi connectivity index (χ0v) is 9.64. The van der Waals surface area contributed by atoms with Crippen molar-refractivity contribution in [3.05, 3.63) is 29.3 Å². The highest BCUT2D eigenvalue weighted by Gasteiger charge is 2.38. The van der Waals surface area contributed by atoms with Gasteiger partial charge in [0.25, 0.3) is 0 Å². The highest BCUT2D eigenvalue weighted by atomic mass is 19.2. The van der Waals surface area contributed by atoms with Crippen molar-refractivity contribution in [1.82, 2.24) is 0 Å². The van der Waals surface area contributed by atoms with Crippen LogP contribution in [-0.2, 0) is 4.74 Å². The van der Waals surface area contributed by atoms with Crippen LogP contribution in [-0.4, -0.2) is 18.6 Å². The van der Waals surface area contributed by atoms with Crippen LogP contribution in [0.5, 0.6) is 0 Å². The lowest BCUT2D eigenvalue weighted by molar-refractivity contribution is 0.0594. The van der Waals surface area contributed by atoms with Crippen LogP contribution in [0.15, 0.2) is 12.1 Å². The van der Waals surface area contributed by atoms with Gasteiger partial charge in [-0.05, 0) is 31.9 Å². The van der Waals surface area contributed by atoms with Gasteiger partial charge < -0.3 is 10.1 Å². The maximum atomic E-state index is 13.7. The van der Waals surface area contributed by atoms with Gasteiger partial charge in [-0.15, -0.1) is 0 Å². The van der Waals surface area contributed by atoms with Crippen LogP contribution in [0.3, 0.4) is 0 Å². The predicted octanol–water partition coefficient (Wildman–Crippen LogP) is 2.72. The Kier molecular flexibility index (Phi) is 2.77. The molecule has 1 aliphatic carbocycles. The van der Waals surface area contributed by atoms with Gasteiger partial charge in [0, 0.05) is 5.54 Å². The molecule has 1 aromatic carbocycles. The van der Waals surface area contributed by atoms with E-state index in [1.165, 1.54) is 12.1 Å². The summed E-state index contributed by atoms with van der Waals surface area (Å²) in [6.45, 7) is 1.93. The molecule has 1 aromatic rings. The number of rotatable bonds is 3. The van der Waals surface area contributed by atoms with E-state index in [0.29, 0.717) is 0 Å². The Labute approximate surface area is 97.8 Å². The first-order valence-electron chi connectivity index (χ1n) is 5.31. The average molecular weight is 241 g/mol. The first kappa shape index (κ1) is 11.8. The molecule has 0 saturated heterocycles. The summed E-state index contributed by atoms with van der Waals surface area (Å²) in [5, 5.41) is 2.92. The lowest BCUT2D eigenvalue weighted by atomic mass is 10.1. The number of esters is 1. The lowest BCUT2D eigenvalue weighted by Gasteiger charge is -2.14. The minimum absolute atomic E-state index is 0.0788. The van der Waals surface area contributed by atoms with E-state index in [1.807, 2.05) is 6.92 Å². The van der Waals surface area contributed by atoms with Crippen molar-refractivity contribution >= 4 is 11.7 Å². The molecule has 0 radical (unpaired) electrons. The Morgan fingerprint density at radius 3 is 2.53 bits per heavy atom. The third-order valence-corrected chi connectivity index (χ3v) is 2.92. The molecule has 2 rings (SSSR count). The maximum Gasteiger partial charge on any atom is 0.340 e. The van der Waals surface area contributed by atoms with Gasteiger partial charge in [-0.2, -0.15) is 0 Å². The number of hydrogen-bond acceptors (Lipinski definition) is 3. The first-order valence-corrected chi connectivity index (χ1v) is 5.31. The van der Waals surface area contributed by atoms with Gasteiger partial charge in [0.2, 0.25) is 0 Å². The van der Waals surface area contributed by atoms with Crippen molar-refractivity contribution in [2.24, 2.45) is 0 Å². The number of carbonyl (C=O) groups is 1. The highest BCUT2D eigenvalue weighted by molar-refractivity contribution is 5.90. The Hall–Kier alpha value is -1.65. The van der Waals surface area contributed by atoms with Crippen molar-refractivity contribution < 1.29 is 18.3 Å². The molecule has 1 aliphatic rings. The average Bonchev–Trinajstić information content (AvgIpc) is 3.02. The van der Waals surface area contributed by atoms with E-state index in [9.17, 15) is 13.6 Å². The second-order valence-corrected chi connectivity index (χ2v) is 4.47. The van der Waals surface area contributed by atoms with Gasteiger partial charge in [-0.25, -0.2) is 13.6 Å². The third kappa shape index (κ3) is 2.23. The first-order chi connectivity index (χ1) is 7.97. The molecule has 1 saturated carbocycles. The van der Waals surface area contributed by atoms with Crippen molar-refractivity contribution in [2.75, 3.05) is 12.4 Å². The Morgan fingerprint density at radius 1 is 1.35 bits per heavy atom. The van der Waals surface area contributed by atoms with E-state index in [2.05, 4.69) is 10.1 Å². The SMILES string of the molecule is COC(=O)c1ccc(NC2(C)CC2)c(F)c1F. The second-order valence-electron chi connectivity index (χ2n) is 4.47. The van der Waals surface area contributed by atoms with E-state index in [-0.39, 0.29) is 11.2 Å². The van der Waals surface area contributed by atoms with Crippen LogP contribution in [0, 0.1) is 11.6 Å². The zero-order valence-electron chi connectivity index (χ0n) is 9.64. The molecule has 0 unspecified atom stereocenters. The quantitative estimate of drug-likeness (QED) is 0.827. The third-order valence-electron chi connectivity index (χ3n) is 2.92. The molecule has 5 heteroatoms. The van der Waals surface area contributed by atoms with Gasteiger partial charge in [-0.3, -0.25) is 0 Å². The summed E-state index contributed by atoms with van der Waals surface area (Å²) in [6.07, 6.45) is 1.85. The Bertz CT molecular complexity index is 470. The molecule has 0 aliphatic heterocycles. The number of nitrogens with one attached hydrogen (secondary N) is 1. The molecule has 17 heavy (non-hydrogen) atoms. The van der Waals surface area contributed by atoms with E-state index in [1.54, 1.807) is 0 Å². The fourth-order valence-electron chi connectivity index (χ4n) is 1.55. The van der Waals surface area contributed by atoms with Crippen molar-refractivity contribution in [1.29, 1.82) is 0 Å². The van der Waals surface area contributed by atoms with Crippen molar-refractivity contribution in [3.8, 4) is 0 Å². The minimum Gasteiger partial charge on any atom is -0.465 e. The lowest BCUT2D eigenvalue weighted by Crippen LogP contribution is -2.18. The molecule has 0 heterocycles. The minimum atomic E-state index is -1.17. The monoisotopic (exact) mass is 241 g/mol. The fraction of sp³-hybridized carbons (Fsp3) is 0.417. The summed E-state index contributed by atoms with van der Waals surface area (Å²) in [5.41, 5.74) is -0.466. The van der Waals surface area contributed by atoms with E-state index in [0.717, 1.165) is 20.0 Å². The number of carbonyl (C=O) groups excluding carboxylic acids is 1. The van der Waals surface area contributed by atoms with Crippen LogP contribution in [0.2, 0.25) is 0 Å². The molecule has 0 aromatic heterocycles. The molecular weight excluding hydrogens is 228 g/mol. The number of hydrogen-bond donors (Lipinski definition) is 1. The zero-order chi connectivity index (χ0) is 12.6. The molecule has 0 amide bonds. The number of halogens is 2. The van der Waals surface area contributed by atoms with E-state index in [4.69, 9.17) is 0 Å². The topological polar surface area (TPSA) is 38.3 Å². The van der Waals surface area contributed by atoms with E-state index < -0.39 is 23.2 Å². The van der Waals surface area contributed by atoms with Crippen LogP contribution in [0.1, 0.15) is 30.1 Å². The summed E-state index contributed by atoms with van der Waals surface area (Å²) in [5.74, 6) is -3.10. The van der Waals surface area contributed by atoms with Gasteiger partial charge in [0.05, 0.1) is 18.4 Å². The summed E-state index contributed by atoms with van der Waals surface area (Å²) in [4.78, 5) is 11.1. The number of benzene rings is 1. The summed E-state index contributed by atoms with van der Waals surface area (Å²) in [6, 6.07) is 2.58. The molecule has 0 spiro atoms. The van der Waals surface area contributed by atoms with Gasteiger partial charge in [-0.1, -0.05) is 0 Å². The Balaban J connectivity index is 2.32. The highest BCUT2D eigenvalue weighted by Crippen LogP contribution is 2.39. The van der Waals surface area contributed by atoms with Crippen molar-refractivity contribution in [3.63, 3.8) is 0 Å². The fourth-order valence-corrected chi connectivity index (χ4v) is 1.55.